The number of carbonyl (C=O) groups excluding carboxylic acids is 1. The van der Waals surface area contributed by atoms with Crippen LogP contribution in [0.4, 0.5) is 24.5 Å². The van der Waals surface area contributed by atoms with Crippen molar-refractivity contribution in [1.82, 2.24) is 0 Å². The van der Waals surface area contributed by atoms with Gasteiger partial charge in [-0.3, -0.25) is 9.10 Å². The van der Waals surface area contributed by atoms with Crippen LogP contribution in [-0.2, 0) is 16.6 Å². The molecule has 0 aliphatic carbocycles. The van der Waals surface area contributed by atoms with Gasteiger partial charge in [0.15, 0.2) is 23.1 Å². The predicted molar refractivity (Wildman–Crippen MR) is 121 cm³/mol. The highest BCUT2D eigenvalue weighted by atomic mass is 32.2. The van der Waals surface area contributed by atoms with Crippen LogP contribution in [-0.4, -0.2) is 34.8 Å². The van der Waals surface area contributed by atoms with Crippen LogP contribution >= 0.6 is 0 Å². The minimum absolute atomic E-state index is 0.0645. The number of sulfonamides is 1. The summed E-state index contributed by atoms with van der Waals surface area (Å²) in [6.07, 6.45) is 0.904. The zero-order chi connectivity index (χ0) is 25.0. The molecule has 1 N–H and O–H groups in total. The molecule has 3 aromatic carbocycles. The van der Waals surface area contributed by atoms with E-state index in [0.29, 0.717) is 0 Å². The smallest absolute Gasteiger partial charge is 0.257 e. The SMILES string of the molecule is COc1cc(C(=O)Nc2ccc(F)c(F)c2)c(N(Cc2ccccc2F)S(C)(=O)=O)cc1OC. The molecule has 34 heavy (non-hydrogen) atoms. The summed E-state index contributed by atoms with van der Waals surface area (Å²) in [5.74, 6) is -3.53. The number of rotatable bonds is 8. The zero-order valence-corrected chi connectivity index (χ0v) is 19.3. The Morgan fingerprint density at radius 2 is 1.56 bits per heavy atom. The van der Waals surface area contributed by atoms with E-state index in [2.05, 4.69) is 5.32 Å². The summed E-state index contributed by atoms with van der Waals surface area (Å²) >= 11 is 0. The van der Waals surface area contributed by atoms with Gasteiger partial charge < -0.3 is 14.8 Å². The van der Waals surface area contributed by atoms with Gasteiger partial charge in [0.1, 0.15) is 5.82 Å². The number of hydrogen-bond donors (Lipinski definition) is 1. The molecule has 0 bridgehead atoms. The fraction of sp³-hybridized carbons (Fsp3) is 0.174. The molecule has 0 fully saturated rings. The van der Waals surface area contributed by atoms with Crippen molar-refractivity contribution in [2.45, 2.75) is 6.54 Å². The van der Waals surface area contributed by atoms with Gasteiger partial charge in [-0.15, -0.1) is 0 Å². The lowest BCUT2D eigenvalue weighted by Gasteiger charge is -2.26. The summed E-state index contributed by atoms with van der Waals surface area (Å²) in [5, 5.41) is 2.40. The Hall–Kier alpha value is -3.73. The first-order valence-electron chi connectivity index (χ1n) is 9.78. The molecular formula is C23H21F3N2O5S. The van der Waals surface area contributed by atoms with Gasteiger partial charge in [-0.25, -0.2) is 21.6 Å². The minimum atomic E-state index is -4.04. The fourth-order valence-corrected chi connectivity index (χ4v) is 4.07. The first kappa shape index (κ1) is 24.9. The quantitative estimate of drug-likeness (QED) is 0.504. The van der Waals surface area contributed by atoms with Gasteiger partial charge >= 0.3 is 0 Å². The standard InChI is InChI=1S/C23H21F3N2O5S/c1-32-21-11-16(23(29)27-15-8-9-18(25)19(26)10-15)20(12-22(21)33-2)28(34(3,30)31)13-14-6-4-5-7-17(14)24/h4-12H,13H2,1-3H3,(H,27,29). The molecule has 11 heteroatoms. The Bertz CT molecular complexity index is 1330. The second-order valence-corrected chi connectivity index (χ2v) is 9.08. The number of nitrogens with one attached hydrogen (secondary N) is 1. The molecule has 3 aromatic rings. The first-order valence-corrected chi connectivity index (χ1v) is 11.6. The monoisotopic (exact) mass is 494 g/mol. The van der Waals surface area contributed by atoms with Gasteiger partial charge in [0, 0.05) is 23.4 Å². The Balaban J connectivity index is 2.15. The zero-order valence-electron chi connectivity index (χ0n) is 18.4. The lowest BCUT2D eigenvalue weighted by atomic mass is 10.1. The third-order valence-corrected chi connectivity index (χ3v) is 5.99. The van der Waals surface area contributed by atoms with Crippen molar-refractivity contribution in [3.05, 3.63) is 83.2 Å². The molecule has 180 valence electrons. The van der Waals surface area contributed by atoms with Crippen LogP contribution in [0, 0.1) is 17.5 Å². The summed E-state index contributed by atoms with van der Waals surface area (Å²) in [7, 11) is -1.39. The highest BCUT2D eigenvalue weighted by Crippen LogP contribution is 2.37. The van der Waals surface area contributed by atoms with Crippen LogP contribution in [0.5, 0.6) is 11.5 Å². The molecule has 0 heterocycles. The van der Waals surface area contributed by atoms with E-state index in [4.69, 9.17) is 9.47 Å². The number of carbonyl (C=O) groups is 1. The Morgan fingerprint density at radius 1 is 0.912 bits per heavy atom. The number of ether oxygens (including phenoxy) is 2. The molecule has 0 aromatic heterocycles. The molecule has 0 saturated carbocycles. The molecule has 0 saturated heterocycles. The Labute approximate surface area is 194 Å². The van der Waals surface area contributed by atoms with Crippen LogP contribution < -0.4 is 19.1 Å². The largest absolute Gasteiger partial charge is 0.493 e. The number of benzene rings is 3. The molecule has 3 rings (SSSR count). The van der Waals surface area contributed by atoms with Crippen LogP contribution in [0.15, 0.2) is 54.6 Å². The fourth-order valence-electron chi connectivity index (χ4n) is 3.19. The van der Waals surface area contributed by atoms with Crippen molar-refractivity contribution in [1.29, 1.82) is 0 Å². The molecule has 0 aliphatic rings. The highest BCUT2D eigenvalue weighted by molar-refractivity contribution is 7.92. The summed E-state index contributed by atoms with van der Waals surface area (Å²) in [5.41, 5.74) is -0.327. The van der Waals surface area contributed by atoms with E-state index >= 15 is 0 Å². The maximum atomic E-state index is 14.3. The van der Waals surface area contributed by atoms with E-state index in [1.807, 2.05) is 0 Å². The molecule has 1 amide bonds. The number of methoxy groups -OCH3 is 2. The maximum absolute atomic E-state index is 14.3. The molecule has 0 aliphatic heterocycles. The van der Waals surface area contributed by atoms with Crippen molar-refractivity contribution in [3.63, 3.8) is 0 Å². The molecule has 0 atom stereocenters. The number of halogens is 3. The molecule has 0 unspecified atom stereocenters. The average Bonchev–Trinajstić information content (AvgIpc) is 2.79. The third-order valence-electron chi connectivity index (χ3n) is 4.86. The van der Waals surface area contributed by atoms with E-state index in [-0.39, 0.29) is 34.0 Å². The summed E-state index contributed by atoms with van der Waals surface area (Å²) in [6.45, 7) is -0.424. The molecule has 7 nitrogen and oxygen atoms in total. The lowest BCUT2D eigenvalue weighted by Crippen LogP contribution is -2.32. The number of anilines is 2. The minimum Gasteiger partial charge on any atom is -0.493 e. The summed E-state index contributed by atoms with van der Waals surface area (Å²) in [4.78, 5) is 13.1. The van der Waals surface area contributed by atoms with E-state index in [0.717, 1.165) is 28.8 Å². The summed E-state index contributed by atoms with van der Waals surface area (Å²) < 4.78 is 78.0. The number of hydrogen-bond acceptors (Lipinski definition) is 5. The van der Waals surface area contributed by atoms with E-state index < -0.39 is 39.9 Å². The van der Waals surface area contributed by atoms with Gasteiger partial charge in [0.2, 0.25) is 10.0 Å². The third kappa shape index (κ3) is 5.42. The second kappa shape index (κ2) is 10.0. The normalized spacial score (nSPS) is 11.1. The van der Waals surface area contributed by atoms with E-state index in [9.17, 15) is 26.4 Å². The van der Waals surface area contributed by atoms with Crippen molar-refractivity contribution < 1.29 is 35.9 Å². The first-order chi connectivity index (χ1) is 16.0. The Morgan fingerprint density at radius 3 is 2.15 bits per heavy atom. The lowest BCUT2D eigenvalue weighted by molar-refractivity contribution is 0.102. The van der Waals surface area contributed by atoms with E-state index in [1.54, 1.807) is 6.07 Å². The second-order valence-electron chi connectivity index (χ2n) is 7.17. The van der Waals surface area contributed by atoms with Crippen molar-refractivity contribution in [2.24, 2.45) is 0 Å². The number of nitrogens with zero attached hydrogens (tertiary/aromatic N) is 1. The molecule has 0 radical (unpaired) electrons. The van der Waals surface area contributed by atoms with Crippen LogP contribution in [0.1, 0.15) is 15.9 Å². The van der Waals surface area contributed by atoms with Crippen LogP contribution in [0.3, 0.4) is 0 Å². The van der Waals surface area contributed by atoms with Gasteiger partial charge in [0.05, 0.1) is 38.3 Å². The Kier molecular flexibility index (Phi) is 7.35. The average molecular weight is 494 g/mol. The van der Waals surface area contributed by atoms with Crippen LogP contribution in [0.25, 0.3) is 0 Å². The number of amides is 1. The summed E-state index contributed by atoms with van der Waals surface area (Å²) in [6, 6.07) is 10.9. The van der Waals surface area contributed by atoms with Gasteiger partial charge in [-0.1, -0.05) is 18.2 Å². The van der Waals surface area contributed by atoms with Gasteiger partial charge in [-0.2, -0.15) is 0 Å². The predicted octanol–water partition coefficient (Wildman–Crippen LogP) is 4.34. The maximum Gasteiger partial charge on any atom is 0.257 e. The van der Waals surface area contributed by atoms with Crippen molar-refractivity contribution >= 4 is 27.3 Å². The topological polar surface area (TPSA) is 84.9 Å². The van der Waals surface area contributed by atoms with Gasteiger partial charge in [0.25, 0.3) is 5.91 Å². The van der Waals surface area contributed by atoms with Crippen molar-refractivity contribution in [3.8, 4) is 11.5 Å². The van der Waals surface area contributed by atoms with Gasteiger partial charge in [-0.05, 0) is 24.3 Å². The molecule has 0 spiro atoms. The van der Waals surface area contributed by atoms with Crippen LogP contribution in [0.2, 0.25) is 0 Å². The van der Waals surface area contributed by atoms with E-state index in [1.165, 1.54) is 44.6 Å². The van der Waals surface area contributed by atoms with Crippen molar-refractivity contribution in [2.75, 3.05) is 30.1 Å². The highest BCUT2D eigenvalue weighted by Gasteiger charge is 2.27. The molecular weight excluding hydrogens is 473 g/mol.